The van der Waals surface area contributed by atoms with E-state index in [4.69, 9.17) is 24.5 Å². The minimum Gasteiger partial charge on any atom is -0.494 e. The van der Waals surface area contributed by atoms with E-state index in [0.29, 0.717) is 12.5 Å². The number of ether oxygens (including phenoxy) is 1. The van der Waals surface area contributed by atoms with Crippen LogP contribution in [0.15, 0.2) is 24.3 Å². The quantitative estimate of drug-likeness (QED) is 0.705. The van der Waals surface area contributed by atoms with Crippen LogP contribution in [0.5, 0.6) is 5.75 Å². The minimum atomic E-state index is -1.82. The zero-order valence-electron chi connectivity index (χ0n) is 17.6. The van der Waals surface area contributed by atoms with Crippen LogP contribution in [0.25, 0.3) is 0 Å². The second kappa shape index (κ2) is 12.2. The fraction of sp³-hybridized carbons (Fsp3) is 0.591. The number of amides is 1. The van der Waals surface area contributed by atoms with E-state index in [2.05, 4.69) is 21.9 Å². The van der Waals surface area contributed by atoms with Crippen LogP contribution in [0.4, 0.5) is 0 Å². The summed E-state index contributed by atoms with van der Waals surface area (Å²) in [7, 11) is 0. The largest absolute Gasteiger partial charge is 0.494 e. The van der Waals surface area contributed by atoms with Crippen molar-refractivity contribution in [3.63, 3.8) is 0 Å². The summed E-state index contributed by atoms with van der Waals surface area (Å²) in [6.45, 7) is 7.59. The number of carboxylic acid groups (broad SMARTS) is 2. The van der Waals surface area contributed by atoms with Gasteiger partial charge in [-0.05, 0) is 58.2 Å². The summed E-state index contributed by atoms with van der Waals surface area (Å²) in [5.74, 6) is -2.01. The summed E-state index contributed by atoms with van der Waals surface area (Å²) in [5.41, 5.74) is 1.25. The number of para-hydroxylation sites is 1. The van der Waals surface area contributed by atoms with Crippen LogP contribution in [-0.2, 0) is 20.9 Å². The molecule has 30 heavy (non-hydrogen) atoms. The number of hydrogen-bond acceptors (Lipinski definition) is 5. The van der Waals surface area contributed by atoms with Crippen molar-refractivity contribution in [3.05, 3.63) is 29.8 Å². The molecule has 0 bridgehead atoms. The summed E-state index contributed by atoms with van der Waals surface area (Å²) in [6, 6.07) is 8.30. The number of hydrogen-bond donors (Lipinski definition) is 2. The molecule has 1 amide bonds. The van der Waals surface area contributed by atoms with Gasteiger partial charge >= 0.3 is 11.9 Å². The second-order valence-corrected chi connectivity index (χ2v) is 7.59. The number of piperidine rings is 2. The zero-order chi connectivity index (χ0) is 21.9. The molecule has 0 aromatic heterocycles. The average molecular weight is 421 g/mol. The van der Waals surface area contributed by atoms with Gasteiger partial charge in [-0.25, -0.2) is 9.59 Å². The zero-order valence-corrected chi connectivity index (χ0v) is 17.6. The third kappa shape index (κ3) is 7.33. The number of likely N-dealkylation sites (tertiary alicyclic amines) is 2. The summed E-state index contributed by atoms with van der Waals surface area (Å²) in [5, 5.41) is 14.8. The number of benzene rings is 1. The van der Waals surface area contributed by atoms with Crippen molar-refractivity contribution < 1.29 is 29.3 Å². The predicted molar refractivity (Wildman–Crippen MR) is 111 cm³/mol. The molecule has 3 rings (SSSR count). The van der Waals surface area contributed by atoms with Crippen LogP contribution >= 0.6 is 0 Å². The maximum Gasteiger partial charge on any atom is 0.414 e. The molecule has 1 aromatic carbocycles. The van der Waals surface area contributed by atoms with E-state index in [1.165, 1.54) is 24.8 Å². The molecule has 2 aliphatic heterocycles. The number of carboxylic acids is 2. The number of rotatable bonds is 5. The van der Waals surface area contributed by atoms with Crippen molar-refractivity contribution in [2.45, 2.75) is 45.6 Å². The average Bonchev–Trinajstić information content (AvgIpc) is 2.76. The van der Waals surface area contributed by atoms with E-state index in [1.54, 1.807) is 0 Å². The van der Waals surface area contributed by atoms with Gasteiger partial charge in [-0.1, -0.05) is 18.2 Å². The van der Waals surface area contributed by atoms with Crippen molar-refractivity contribution in [1.29, 1.82) is 0 Å². The Kier molecular flexibility index (Phi) is 9.60. The summed E-state index contributed by atoms with van der Waals surface area (Å²) < 4.78 is 5.73. The van der Waals surface area contributed by atoms with Gasteiger partial charge in [0, 0.05) is 31.1 Å². The molecular formula is C22H32N2O6. The van der Waals surface area contributed by atoms with Crippen molar-refractivity contribution in [2.75, 3.05) is 32.8 Å². The van der Waals surface area contributed by atoms with E-state index < -0.39 is 11.9 Å². The predicted octanol–water partition coefficient (Wildman–Crippen LogP) is 2.47. The van der Waals surface area contributed by atoms with Crippen LogP contribution in [0.2, 0.25) is 0 Å². The summed E-state index contributed by atoms with van der Waals surface area (Å²) in [4.78, 5) is 35.4. The molecule has 2 N–H and O–H groups in total. The first-order valence-electron chi connectivity index (χ1n) is 10.6. The maximum atomic E-state index is 12.6. The molecule has 2 fully saturated rings. The lowest BCUT2D eigenvalue weighted by molar-refractivity contribution is -0.159. The Morgan fingerprint density at radius 3 is 2.13 bits per heavy atom. The molecular weight excluding hydrogens is 388 g/mol. The number of nitrogens with zero attached hydrogens (tertiary/aromatic N) is 2. The lowest BCUT2D eigenvalue weighted by atomic mass is 9.94. The Morgan fingerprint density at radius 1 is 0.967 bits per heavy atom. The Balaban J connectivity index is 0.000000469. The third-order valence-corrected chi connectivity index (χ3v) is 5.45. The minimum absolute atomic E-state index is 0.237. The number of carbonyl (C=O) groups is 3. The first-order chi connectivity index (χ1) is 14.4. The van der Waals surface area contributed by atoms with E-state index in [9.17, 15) is 4.79 Å². The highest BCUT2D eigenvalue weighted by Gasteiger charge is 2.29. The molecule has 2 aliphatic rings. The van der Waals surface area contributed by atoms with E-state index in [1.807, 2.05) is 19.1 Å². The highest BCUT2D eigenvalue weighted by molar-refractivity contribution is 6.27. The SMILES string of the molecule is CCOc1ccccc1CN1CCC(C(=O)N2CCCCC2)CC1.O=C(O)C(=O)O. The molecule has 2 saturated heterocycles. The van der Waals surface area contributed by atoms with Gasteiger partial charge in [0.05, 0.1) is 6.61 Å². The first-order valence-corrected chi connectivity index (χ1v) is 10.6. The van der Waals surface area contributed by atoms with Crippen molar-refractivity contribution in [1.82, 2.24) is 9.80 Å². The lowest BCUT2D eigenvalue weighted by Crippen LogP contribution is -2.44. The Morgan fingerprint density at radius 2 is 1.57 bits per heavy atom. The van der Waals surface area contributed by atoms with Crippen LogP contribution in [0.3, 0.4) is 0 Å². The highest BCUT2D eigenvalue weighted by atomic mass is 16.5. The molecule has 0 saturated carbocycles. The van der Waals surface area contributed by atoms with Gasteiger partial charge in [0.15, 0.2) is 0 Å². The molecule has 0 aliphatic carbocycles. The standard InChI is InChI=1S/C20H30N2O2.C2H2O4/c1-2-24-19-9-5-4-8-18(19)16-21-14-10-17(11-15-21)20(23)22-12-6-3-7-13-22;3-1(4)2(5)6/h4-5,8-9,17H,2-3,6-7,10-16H2,1H3;(H,3,4)(H,5,6). The van der Waals surface area contributed by atoms with Gasteiger partial charge in [-0.15, -0.1) is 0 Å². The highest BCUT2D eigenvalue weighted by Crippen LogP contribution is 2.25. The molecule has 166 valence electrons. The van der Waals surface area contributed by atoms with Crippen molar-refractivity contribution in [3.8, 4) is 5.75 Å². The monoisotopic (exact) mass is 420 g/mol. The topological polar surface area (TPSA) is 107 Å². The molecule has 0 atom stereocenters. The maximum absolute atomic E-state index is 12.6. The van der Waals surface area contributed by atoms with Gasteiger partial charge in [-0.3, -0.25) is 9.69 Å². The van der Waals surface area contributed by atoms with E-state index in [-0.39, 0.29) is 5.92 Å². The molecule has 1 aromatic rings. The fourth-order valence-corrected chi connectivity index (χ4v) is 3.88. The van der Waals surface area contributed by atoms with Crippen LogP contribution in [0.1, 0.15) is 44.6 Å². The Bertz CT molecular complexity index is 697. The summed E-state index contributed by atoms with van der Waals surface area (Å²) in [6.07, 6.45) is 5.62. The van der Waals surface area contributed by atoms with Gasteiger partial charge in [-0.2, -0.15) is 0 Å². The van der Waals surface area contributed by atoms with Crippen LogP contribution in [-0.4, -0.2) is 70.6 Å². The molecule has 0 spiro atoms. The molecule has 8 nitrogen and oxygen atoms in total. The van der Waals surface area contributed by atoms with Gasteiger partial charge in [0.25, 0.3) is 0 Å². The molecule has 8 heteroatoms. The smallest absolute Gasteiger partial charge is 0.414 e. The van der Waals surface area contributed by atoms with Crippen molar-refractivity contribution in [2.24, 2.45) is 5.92 Å². The second-order valence-electron chi connectivity index (χ2n) is 7.59. The van der Waals surface area contributed by atoms with Gasteiger partial charge < -0.3 is 19.8 Å². The van der Waals surface area contributed by atoms with E-state index in [0.717, 1.165) is 51.3 Å². The number of carbonyl (C=O) groups excluding carboxylic acids is 1. The molecule has 0 radical (unpaired) electrons. The lowest BCUT2D eigenvalue weighted by Gasteiger charge is -2.35. The summed E-state index contributed by atoms with van der Waals surface area (Å²) >= 11 is 0. The van der Waals surface area contributed by atoms with Crippen LogP contribution in [0, 0.1) is 5.92 Å². The molecule has 2 heterocycles. The van der Waals surface area contributed by atoms with Crippen LogP contribution < -0.4 is 4.74 Å². The fourth-order valence-electron chi connectivity index (χ4n) is 3.88. The molecule has 0 unspecified atom stereocenters. The number of aliphatic carboxylic acids is 2. The Labute approximate surface area is 177 Å². The first kappa shape index (κ1) is 23.7. The van der Waals surface area contributed by atoms with Crippen molar-refractivity contribution >= 4 is 17.8 Å². The van der Waals surface area contributed by atoms with Gasteiger partial charge in [0.2, 0.25) is 5.91 Å². The third-order valence-electron chi connectivity index (χ3n) is 5.45. The normalized spacial score (nSPS) is 17.6. The van der Waals surface area contributed by atoms with Gasteiger partial charge in [0.1, 0.15) is 5.75 Å². The van der Waals surface area contributed by atoms with E-state index >= 15 is 0 Å². The Hall–Kier alpha value is -2.61.